The van der Waals surface area contributed by atoms with E-state index in [1.807, 2.05) is 27.7 Å². The molecule has 0 saturated carbocycles. The minimum absolute atomic E-state index is 0.0395. The number of ether oxygens (including phenoxy) is 1. The number of nitrogens with zero attached hydrogens (tertiary/aromatic N) is 1. The van der Waals surface area contributed by atoms with E-state index in [0.29, 0.717) is 0 Å². The number of rotatable bonds is 6. The molecule has 0 spiro atoms. The Hall–Kier alpha value is -0.660. The number of carbonyl (C=O) groups excluding carboxylic acids is 1. The molecule has 108 valence electrons. The van der Waals surface area contributed by atoms with Gasteiger partial charge in [0.2, 0.25) is 0 Å². The molecular formula is C11H24N2O4S. The third-order valence-corrected chi connectivity index (χ3v) is 4.55. The van der Waals surface area contributed by atoms with Gasteiger partial charge in [-0.1, -0.05) is 20.8 Å². The van der Waals surface area contributed by atoms with E-state index in [0.717, 1.165) is 4.31 Å². The van der Waals surface area contributed by atoms with E-state index in [2.05, 4.69) is 9.46 Å². The summed E-state index contributed by atoms with van der Waals surface area (Å²) in [6, 6.07) is -0.205. The normalized spacial score (nSPS) is 14.6. The molecule has 0 aromatic carbocycles. The number of nitrogens with one attached hydrogen (secondary N) is 1. The lowest BCUT2D eigenvalue weighted by atomic mass is 9.89. The Bertz CT molecular complexity index is 373. The molecular weight excluding hydrogens is 256 g/mol. The molecule has 0 saturated heterocycles. The first-order chi connectivity index (χ1) is 8.00. The number of hydrogen-bond acceptors (Lipinski definition) is 4. The summed E-state index contributed by atoms with van der Waals surface area (Å²) in [5.41, 5.74) is -0.170. The number of esters is 1. The summed E-state index contributed by atoms with van der Waals surface area (Å²) < 4.78 is 32.1. The molecule has 0 bridgehead atoms. The molecule has 0 radical (unpaired) electrons. The van der Waals surface area contributed by atoms with Crippen LogP contribution in [0.5, 0.6) is 0 Å². The predicted molar refractivity (Wildman–Crippen MR) is 70.2 cm³/mol. The maximum atomic E-state index is 12.0. The average molecular weight is 280 g/mol. The monoisotopic (exact) mass is 280 g/mol. The molecule has 1 N–H and O–H groups in total. The molecule has 0 aromatic heterocycles. The average Bonchev–Trinajstić information content (AvgIpc) is 2.23. The van der Waals surface area contributed by atoms with Crippen LogP contribution >= 0.6 is 0 Å². The van der Waals surface area contributed by atoms with Crippen LogP contribution in [0.2, 0.25) is 0 Å². The summed E-state index contributed by atoms with van der Waals surface area (Å²) >= 11 is 0. The summed E-state index contributed by atoms with van der Waals surface area (Å²) in [4.78, 5) is 11.0. The van der Waals surface area contributed by atoms with Crippen molar-refractivity contribution in [3.05, 3.63) is 0 Å². The first-order valence-corrected chi connectivity index (χ1v) is 7.25. The van der Waals surface area contributed by atoms with Crippen LogP contribution in [0, 0.1) is 5.41 Å². The van der Waals surface area contributed by atoms with Crippen LogP contribution in [0.25, 0.3) is 0 Å². The Morgan fingerprint density at radius 1 is 1.39 bits per heavy atom. The summed E-state index contributed by atoms with van der Waals surface area (Å²) in [5, 5.41) is 0. The van der Waals surface area contributed by atoms with Crippen molar-refractivity contribution in [3.8, 4) is 0 Å². The van der Waals surface area contributed by atoms with Crippen LogP contribution in [-0.4, -0.2) is 45.4 Å². The Morgan fingerprint density at radius 3 is 2.28 bits per heavy atom. The van der Waals surface area contributed by atoms with Crippen LogP contribution in [0.1, 0.15) is 34.1 Å². The maximum Gasteiger partial charge on any atom is 0.306 e. The SMILES string of the molecule is COC(=O)CCN(C)S(=O)(=O)NC(C)C(C)(C)C. The summed E-state index contributed by atoms with van der Waals surface area (Å²) in [5.74, 6) is -0.430. The van der Waals surface area contributed by atoms with Gasteiger partial charge in [-0.3, -0.25) is 4.79 Å². The molecule has 1 unspecified atom stereocenters. The van der Waals surface area contributed by atoms with E-state index in [4.69, 9.17) is 0 Å². The minimum Gasteiger partial charge on any atom is -0.469 e. The van der Waals surface area contributed by atoms with Gasteiger partial charge >= 0.3 is 5.97 Å². The lowest BCUT2D eigenvalue weighted by Crippen LogP contribution is -2.47. The third-order valence-electron chi connectivity index (χ3n) is 2.89. The Labute approximate surface area is 110 Å². The summed E-state index contributed by atoms with van der Waals surface area (Å²) in [6.07, 6.45) is 0.0395. The minimum atomic E-state index is -3.57. The van der Waals surface area contributed by atoms with E-state index in [1.165, 1.54) is 14.2 Å². The zero-order valence-electron chi connectivity index (χ0n) is 12.0. The highest BCUT2D eigenvalue weighted by atomic mass is 32.2. The van der Waals surface area contributed by atoms with Crippen molar-refractivity contribution in [1.29, 1.82) is 0 Å². The number of carbonyl (C=O) groups is 1. The molecule has 0 aromatic rings. The van der Waals surface area contributed by atoms with Gasteiger partial charge in [0.25, 0.3) is 10.2 Å². The molecule has 0 heterocycles. The Kier molecular flexibility index (Phi) is 6.25. The van der Waals surface area contributed by atoms with Crippen molar-refractivity contribution < 1.29 is 17.9 Å². The van der Waals surface area contributed by atoms with E-state index in [-0.39, 0.29) is 24.4 Å². The molecule has 6 nitrogen and oxygen atoms in total. The largest absolute Gasteiger partial charge is 0.469 e. The first-order valence-electron chi connectivity index (χ1n) is 5.81. The van der Waals surface area contributed by atoms with Gasteiger partial charge in [-0.15, -0.1) is 0 Å². The van der Waals surface area contributed by atoms with Gasteiger partial charge in [0, 0.05) is 19.6 Å². The quantitative estimate of drug-likeness (QED) is 0.729. The molecule has 0 aliphatic heterocycles. The van der Waals surface area contributed by atoms with Gasteiger partial charge in [-0.05, 0) is 12.3 Å². The first kappa shape index (κ1) is 17.3. The second kappa shape index (κ2) is 6.49. The summed E-state index contributed by atoms with van der Waals surface area (Å²) in [6.45, 7) is 7.77. The molecule has 0 aliphatic carbocycles. The molecule has 1 atom stereocenters. The Morgan fingerprint density at radius 2 is 1.89 bits per heavy atom. The smallest absolute Gasteiger partial charge is 0.306 e. The lowest BCUT2D eigenvalue weighted by molar-refractivity contribution is -0.140. The lowest BCUT2D eigenvalue weighted by Gasteiger charge is -2.29. The standard InChI is InChI=1S/C11H24N2O4S/c1-9(11(2,3)4)12-18(15,16)13(5)8-7-10(14)17-6/h9,12H,7-8H2,1-6H3. The fourth-order valence-electron chi connectivity index (χ4n) is 0.961. The van der Waals surface area contributed by atoms with Crippen LogP contribution in [0.3, 0.4) is 0 Å². The predicted octanol–water partition coefficient (Wildman–Crippen LogP) is 0.750. The Balaban J connectivity index is 4.50. The fraction of sp³-hybridized carbons (Fsp3) is 0.909. The highest BCUT2D eigenvalue weighted by Gasteiger charge is 2.27. The van der Waals surface area contributed by atoms with Crippen molar-refractivity contribution in [1.82, 2.24) is 9.03 Å². The molecule has 0 amide bonds. The molecule has 0 aliphatic rings. The van der Waals surface area contributed by atoms with Crippen LogP contribution in [-0.2, 0) is 19.7 Å². The maximum absolute atomic E-state index is 12.0. The number of methoxy groups -OCH3 is 1. The highest BCUT2D eigenvalue weighted by Crippen LogP contribution is 2.19. The molecule has 7 heteroatoms. The topological polar surface area (TPSA) is 75.7 Å². The van der Waals surface area contributed by atoms with Gasteiger partial charge < -0.3 is 4.74 Å². The number of hydrogen-bond donors (Lipinski definition) is 1. The second-order valence-corrected chi connectivity index (χ2v) is 7.17. The van der Waals surface area contributed by atoms with Crippen LogP contribution in [0.4, 0.5) is 0 Å². The highest BCUT2D eigenvalue weighted by molar-refractivity contribution is 7.87. The van der Waals surface area contributed by atoms with Gasteiger partial charge in [0.15, 0.2) is 0 Å². The third kappa shape index (κ3) is 5.79. The van der Waals surface area contributed by atoms with Crippen molar-refractivity contribution in [2.75, 3.05) is 20.7 Å². The van der Waals surface area contributed by atoms with Gasteiger partial charge in [0.05, 0.1) is 13.5 Å². The molecule has 0 rings (SSSR count). The van der Waals surface area contributed by atoms with Crippen molar-refractivity contribution >= 4 is 16.2 Å². The van der Waals surface area contributed by atoms with E-state index < -0.39 is 16.2 Å². The van der Waals surface area contributed by atoms with Gasteiger partial charge in [0.1, 0.15) is 0 Å². The zero-order valence-corrected chi connectivity index (χ0v) is 12.8. The zero-order chi connectivity index (χ0) is 14.6. The summed E-state index contributed by atoms with van der Waals surface area (Å²) in [7, 11) is -0.865. The van der Waals surface area contributed by atoms with Crippen LogP contribution < -0.4 is 4.72 Å². The van der Waals surface area contributed by atoms with E-state index in [1.54, 1.807) is 0 Å². The van der Waals surface area contributed by atoms with Crippen molar-refractivity contribution in [2.24, 2.45) is 5.41 Å². The second-order valence-electron chi connectivity index (χ2n) is 5.36. The molecule has 0 fully saturated rings. The van der Waals surface area contributed by atoms with E-state index >= 15 is 0 Å². The van der Waals surface area contributed by atoms with Gasteiger partial charge in [-0.25, -0.2) is 0 Å². The van der Waals surface area contributed by atoms with Crippen LogP contribution in [0.15, 0.2) is 0 Å². The van der Waals surface area contributed by atoms with Crippen molar-refractivity contribution in [2.45, 2.75) is 40.2 Å². The van der Waals surface area contributed by atoms with E-state index in [9.17, 15) is 13.2 Å². The van der Waals surface area contributed by atoms with Gasteiger partial charge in [-0.2, -0.15) is 17.4 Å². The fourth-order valence-corrected chi connectivity index (χ4v) is 2.27. The molecule has 18 heavy (non-hydrogen) atoms. The van der Waals surface area contributed by atoms with Crippen molar-refractivity contribution in [3.63, 3.8) is 0 Å².